The fraction of sp³-hybridized carbons (Fsp3) is 0.500. The molecule has 0 aromatic carbocycles. The van der Waals surface area contributed by atoms with E-state index < -0.39 is 11.9 Å². The summed E-state index contributed by atoms with van der Waals surface area (Å²) in [4.78, 5) is 15.0. The molecule has 0 aliphatic heterocycles. The quantitative estimate of drug-likeness (QED) is 0.796. The maximum atomic E-state index is 11.1. The zero-order valence-corrected chi connectivity index (χ0v) is 9.00. The Morgan fingerprint density at radius 1 is 1.62 bits per heavy atom. The van der Waals surface area contributed by atoms with Gasteiger partial charge in [0.2, 0.25) is 0 Å². The van der Waals surface area contributed by atoms with Crippen LogP contribution in [0.5, 0.6) is 0 Å². The highest BCUT2D eigenvalue weighted by atomic mass is 16.5. The summed E-state index contributed by atoms with van der Waals surface area (Å²) >= 11 is 0. The zero-order chi connectivity index (χ0) is 11.4. The molecule has 1 fully saturated rings. The molecule has 1 aromatic rings. The standard InChI is InChI=1S/C12H15NO3/c14-12(15)11(5-7-16-10-3-4-10)9-2-1-6-13-8-9/h1-2,6,8,10-11H,3-5,7H2,(H,14,15). The van der Waals surface area contributed by atoms with Gasteiger partial charge in [0.25, 0.3) is 0 Å². The Kier molecular flexibility index (Phi) is 3.51. The number of carboxylic acid groups (broad SMARTS) is 1. The molecule has 2 rings (SSSR count). The van der Waals surface area contributed by atoms with Gasteiger partial charge in [0.15, 0.2) is 0 Å². The molecule has 0 bridgehead atoms. The minimum absolute atomic E-state index is 0.378. The van der Waals surface area contributed by atoms with Crippen LogP contribution in [0.25, 0.3) is 0 Å². The molecule has 4 nitrogen and oxygen atoms in total. The molecule has 0 amide bonds. The Balaban J connectivity index is 1.91. The summed E-state index contributed by atoms with van der Waals surface area (Å²) in [6.45, 7) is 0.510. The van der Waals surface area contributed by atoms with Gasteiger partial charge in [0.1, 0.15) is 0 Å². The van der Waals surface area contributed by atoms with Crippen LogP contribution in [0, 0.1) is 0 Å². The van der Waals surface area contributed by atoms with Gasteiger partial charge in [-0.05, 0) is 30.9 Å². The lowest BCUT2D eigenvalue weighted by molar-refractivity contribution is -0.139. The summed E-state index contributed by atoms with van der Waals surface area (Å²) < 4.78 is 5.47. The largest absolute Gasteiger partial charge is 0.481 e. The molecule has 0 radical (unpaired) electrons. The van der Waals surface area contributed by atoms with Gasteiger partial charge in [0, 0.05) is 19.0 Å². The monoisotopic (exact) mass is 221 g/mol. The van der Waals surface area contributed by atoms with Crippen molar-refractivity contribution in [1.29, 1.82) is 0 Å². The minimum atomic E-state index is -0.813. The van der Waals surface area contributed by atoms with Crippen LogP contribution in [0.1, 0.15) is 30.7 Å². The van der Waals surface area contributed by atoms with Crippen LogP contribution in [-0.4, -0.2) is 28.8 Å². The molecule has 1 unspecified atom stereocenters. The number of ether oxygens (including phenoxy) is 1. The van der Waals surface area contributed by atoms with Crippen molar-refractivity contribution < 1.29 is 14.6 Å². The van der Waals surface area contributed by atoms with E-state index in [-0.39, 0.29) is 0 Å². The lowest BCUT2D eigenvalue weighted by Crippen LogP contribution is -2.14. The fourth-order valence-corrected chi connectivity index (χ4v) is 1.60. The highest BCUT2D eigenvalue weighted by molar-refractivity contribution is 5.75. The lowest BCUT2D eigenvalue weighted by Gasteiger charge is -2.12. The van der Waals surface area contributed by atoms with E-state index in [4.69, 9.17) is 9.84 Å². The summed E-state index contributed by atoms with van der Waals surface area (Å²) in [5.41, 5.74) is 0.745. The highest BCUT2D eigenvalue weighted by Crippen LogP contribution is 2.25. The van der Waals surface area contributed by atoms with Crippen LogP contribution in [0.3, 0.4) is 0 Å². The molecular formula is C12H15NO3. The molecule has 1 aliphatic rings. The number of aliphatic carboxylic acids is 1. The van der Waals surface area contributed by atoms with Crippen LogP contribution in [-0.2, 0) is 9.53 Å². The molecule has 1 aliphatic carbocycles. The van der Waals surface area contributed by atoms with Crippen molar-refractivity contribution in [3.63, 3.8) is 0 Å². The van der Waals surface area contributed by atoms with Crippen LogP contribution in [0.4, 0.5) is 0 Å². The Labute approximate surface area is 94.3 Å². The first-order chi connectivity index (χ1) is 7.77. The smallest absolute Gasteiger partial charge is 0.311 e. The van der Waals surface area contributed by atoms with Crippen molar-refractivity contribution in [3.05, 3.63) is 30.1 Å². The van der Waals surface area contributed by atoms with Gasteiger partial charge in [-0.3, -0.25) is 9.78 Å². The number of aromatic nitrogens is 1. The third-order valence-electron chi connectivity index (χ3n) is 2.67. The summed E-state index contributed by atoms with van der Waals surface area (Å²) in [5.74, 6) is -1.32. The highest BCUT2D eigenvalue weighted by Gasteiger charge is 2.24. The predicted octanol–water partition coefficient (Wildman–Crippen LogP) is 1.82. The van der Waals surface area contributed by atoms with Gasteiger partial charge in [-0.2, -0.15) is 0 Å². The SMILES string of the molecule is O=C(O)C(CCOC1CC1)c1cccnc1. The first kappa shape index (κ1) is 11.1. The maximum absolute atomic E-state index is 11.1. The number of carboxylic acids is 1. The van der Waals surface area contributed by atoms with E-state index in [2.05, 4.69) is 4.98 Å². The second-order valence-corrected chi connectivity index (χ2v) is 4.04. The van der Waals surface area contributed by atoms with E-state index in [9.17, 15) is 4.79 Å². The van der Waals surface area contributed by atoms with Crippen molar-refractivity contribution in [3.8, 4) is 0 Å². The molecule has 4 heteroatoms. The number of rotatable bonds is 6. The van der Waals surface area contributed by atoms with Gasteiger partial charge in [0.05, 0.1) is 12.0 Å². The topological polar surface area (TPSA) is 59.4 Å². The van der Waals surface area contributed by atoms with Gasteiger partial charge < -0.3 is 9.84 Å². The van der Waals surface area contributed by atoms with Crippen LogP contribution in [0.2, 0.25) is 0 Å². The average molecular weight is 221 g/mol. The van der Waals surface area contributed by atoms with E-state index in [0.29, 0.717) is 19.1 Å². The van der Waals surface area contributed by atoms with Crippen molar-refractivity contribution in [2.75, 3.05) is 6.61 Å². The van der Waals surface area contributed by atoms with Crippen LogP contribution >= 0.6 is 0 Å². The second kappa shape index (κ2) is 5.07. The van der Waals surface area contributed by atoms with Crippen molar-refractivity contribution in [2.45, 2.75) is 31.3 Å². The Morgan fingerprint density at radius 3 is 3.00 bits per heavy atom. The van der Waals surface area contributed by atoms with Gasteiger partial charge in [-0.1, -0.05) is 6.07 Å². The summed E-state index contributed by atoms with van der Waals surface area (Å²) in [7, 11) is 0. The molecule has 0 spiro atoms. The predicted molar refractivity (Wildman–Crippen MR) is 58.2 cm³/mol. The molecule has 1 aromatic heterocycles. The zero-order valence-electron chi connectivity index (χ0n) is 9.00. The number of nitrogens with zero attached hydrogens (tertiary/aromatic N) is 1. The second-order valence-electron chi connectivity index (χ2n) is 4.04. The molecule has 86 valence electrons. The van der Waals surface area contributed by atoms with Gasteiger partial charge in [-0.25, -0.2) is 0 Å². The maximum Gasteiger partial charge on any atom is 0.311 e. The fourth-order valence-electron chi connectivity index (χ4n) is 1.60. The van der Waals surface area contributed by atoms with E-state index in [1.54, 1.807) is 24.5 Å². The van der Waals surface area contributed by atoms with Gasteiger partial charge >= 0.3 is 5.97 Å². The van der Waals surface area contributed by atoms with E-state index in [1.807, 2.05) is 0 Å². The van der Waals surface area contributed by atoms with Gasteiger partial charge in [-0.15, -0.1) is 0 Å². The van der Waals surface area contributed by atoms with E-state index >= 15 is 0 Å². The number of carbonyl (C=O) groups is 1. The van der Waals surface area contributed by atoms with Crippen molar-refractivity contribution in [2.24, 2.45) is 0 Å². The molecule has 1 heterocycles. The summed E-state index contributed by atoms with van der Waals surface area (Å²) in [6.07, 6.45) is 6.37. The van der Waals surface area contributed by atoms with E-state index in [1.165, 1.54) is 0 Å². The first-order valence-corrected chi connectivity index (χ1v) is 5.51. The molecule has 0 saturated heterocycles. The molecule has 16 heavy (non-hydrogen) atoms. The molecule has 1 N–H and O–H groups in total. The van der Waals surface area contributed by atoms with Crippen LogP contribution in [0.15, 0.2) is 24.5 Å². The number of hydrogen-bond donors (Lipinski definition) is 1. The third kappa shape index (κ3) is 3.03. The molecule has 1 atom stereocenters. The number of pyridine rings is 1. The minimum Gasteiger partial charge on any atom is -0.481 e. The Bertz CT molecular complexity index is 349. The molecule has 1 saturated carbocycles. The van der Waals surface area contributed by atoms with Crippen molar-refractivity contribution in [1.82, 2.24) is 4.98 Å². The summed E-state index contributed by atoms with van der Waals surface area (Å²) in [5, 5.41) is 9.12. The Hall–Kier alpha value is -1.42. The molecular weight excluding hydrogens is 206 g/mol. The average Bonchev–Trinajstić information content (AvgIpc) is 3.09. The summed E-state index contributed by atoms with van der Waals surface area (Å²) in [6, 6.07) is 3.55. The third-order valence-corrected chi connectivity index (χ3v) is 2.67. The van der Waals surface area contributed by atoms with Crippen molar-refractivity contribution >= 4 is 5.97 Å². The van der Waals surface area contributed by atoms with E-state index in [0.717, 1.165) is 18.4 Å². The normalized spacial score (nSPS) is 17.0. The number of hydrogen-bond acceptors (Lipinski definition) is 3. The Morgan fingerprint density at radius 2 is 2.44 bits per heavy atom. The van der Waals surface area contributed by atoms with Crippen LogP contribution < -0.4 is 0 Å². The first-order valence-electron chi connectivity index (χ1n) is 5.51. The lowest BCUT2D eigenvalue weighted by atomic mass is 9.98.